The number of aromatic hydroxyl groups is 1. The topological polar surface area (TPSA) is 83.8 Å². The van der Waals surface area contributed by atoms with Gasteiger partial charge in [-0.3, -0.25) is 9.59 Å². The van der Waals surface area contributed by atoms with Gasteiger partial charge in [0.15, 0.2) is 5.78 Å². The van der Waals surface area contributed by atoms with Gasteiger partial charge in [0, 0.05) is 5.56 Å². The maximum atomic E-state index is 13.4. The molecule has 0 unspecified atom stereocenters. The van der Waals surface area contributed by atoms with E-state index >= 15 is 0 Å². The van der Waals surface area contributed by atoms with Crippen molar-refractivity contribution in [3.63, 3.8) is 0 Å². The number of phenolic OH excluding ortho intramolecular Hbond substituents is 1. The summed E-state index contributed by atoms with van der Waals surface area (Å²) in [6, 6.07) is 4.01. The van der Waals surface area contributed by atoms with E-state index in [-0.39, 0.29) is 16.3 Å². The van der Waals surface area contributed by atoms with Crippen LogP contribution in [0.2, 0.25) is 5.02 Å². The number of ketones is 1. The zero-order valence-electron chi connectivity index (χ0n) is 14.5. The van der Waals surface area contributed by atoms with Crippen LogP contribution in [0, 0.1) is 5.82 Å². The molecule has 0 aromatic heterocycles. The Balaban J connectivity index is 2.35. The highest BCUT2D eigenvalue weighted by Gasteiger charge is 2.31. The Bertz CT molecular complexity index is 970. The van der Waals surface area contributed by atoms with E-state index in [9.17, 15) is 32.3 Å². The number of phenols is 1. The molecule has 154 valence electrons. The molecule has 0 spiro atoms. The van der Waals surface area contributed by atoms with Gasteiger partial charge in [-0.2, -0.15) is 13.2 Å². The van der Waals surface area contributed by atoms with Gasteiger partial charge in [-0.15, -0.1) is 0 Å². The summed E-state index contributed by atoms with van der Waals surface area (Å²) in [6.07, 6.45) is -3.13. The first-order chi connectivity index (χ1) is 13.5. The third-order valence-corrected chi connectivity index (χ3v) is 3.91. The van der Waals surface area contributed by atoms with Crippen LogP contribution in [0.25, 0.3) is 6.08 Å². The number of halogens is 5. The summed E-state index contributed by atoms with van der Waals surface area (Å²) in [5.74, 6) is -3.88. The van der Waals surface area contributed by atoms with E-state index in [0.29, 0.717) is 6.07 Å². The van der Waals surface area contributed by atoms with Crippen molar-refractivity contribution in [2.24, 2.45) is 0 Å². The Morgan fingerprint density at radius 2 is 1.86 bits per heavy atom. The zero-order valence-corrected chi connectivity index (χ0v) is 15.2. The van der Waals surface area contributed by atoms with E-state index < -0.39 is 53.7 Å². The maximum absolute atomic E-state index is 13.4. The van der Waals surface area contributed by atoms with Crippen LogP contribution in [0.1, 0.15) is 27.9 Å². The zero-order chi connectivity index (χ0) is 21.8. The molecule has 0 saturated carbocycles. The summed E-state index contributed by atoms with van der Waals surface area (Å²) < 4.78 is 57.2. The number of carbonyl (C=O) groups excluding carboxylic acids is 1. The van der Waals surface area contributed by atoms with Crippen molar-refractivity contribution in [2.75, 3.05) is 6.61 Å². The number of benzene rings is 2. The molecule has 0 aliphatic heterocycles. The summed E-state index contributed by atoms with van der Waals surface area (Å²) in [5.41, 5.74) is -1.42. The molecule has 29 heavy (non-hydrogen) atoms. The number of alkyl halides is 3. The van der Waals surface area contributed by atoms with Gasteiger partial charge >= 0.3 is 12.1 Å². The molecule has 2 N–H and O–H groups in total. The molecule has 0 bridgehead atoms. The molecule has 0 aliphatic rings. The lowest BCUT2D eigenvalue weighted by atomic mass is 10.1. The second-order valence-corrected chi connectivity index (χ2v) is 6.13. The largest absolute Gasteiger partial charge is 0.506 e. The highest BCUT2D eigenvalue weighted by molar-refractivity contribution is 6.32. The van der Waals surface area contributed by atoms with Crippen LogP contribution in [0.3, 0.4) is 0 Å². The van der Waals surface area contributed by atoms with Crippen molar-refractivity contribution in [3.8, 4) is 11.5 Å². The smallest absolute Gasteiger partial charge is 0.416 e. The second kappa shape index (κ2) is 8.95. The van der Waals surface area contributed by atoms with Gasteiger partial charge in [0.05, 0.1) is 29.2 Å². The number of carboxylic acid groups (broad SMARTS) is 1. The van der Waals surface area contributed by atoms with Crippen LogP contribution in [-0.2, 0) is 11.0 Å². The number of hydrogen-bond acceptors (Lipinski definition) is 4. The first kappa shape index (κ1) is 22.2. The highest BCUT2D eigenvalue weighted by atomic mass is 35.5. The number of aliphatic carboxylic acids is 1. The third kappa shape index (κ3) is 5.95. The van der Waals surface area contributed by atoms with Gasteiger partial charge in [-0.1, -0.05) is 17.7 Å². The van der Waals surface area contributed by atoms with Crippen molar-refractivity contribution in [1.82, 2.24) is 0 Å². The average molecular weight is 433 g/mol. The summed E-state index contributed by atoms with van der Waals surface area (Å²) in [6.45, 7) is -0.397. The van der Waals surface area contributed by atoms with E-state index in [1.807, 2.05) is 0 Å². The first-order valence-electron chi connectivity index (χ1n) is 7.95. The summed E-state index contributed by atoms with van der Waals surface area (Å²) in [5, 5.41) is 18.0. The van der Waals surface area contributed by atoms with Gasteiger partial charge in [-0.25, -0.2) is 4.39 Å². The van der Waals surface area contributed by atoms with Crippen LogP contribution >= 0.6 is 11.6 Å². The molecule has 2 aromatic carbocycles. The van der Waals surface area contributed by atoms with E-state index in [2.05, 4.69) is 0 Å². The number of ether oxygens (including phenoxy) is 1. The number of hydrogen-bond donors (Lipinski definition) is 2. The highest BCUT2D eigenvalue weighted by Crippen LogP contribution is 2.34. The number of carboxylic acids is 1. The lowest BCUT2D eigenvalue weighted by Crippen LogP contribution is -2.08. The second-order valence-electron chi connectivity index (χ2n) is 5.72. The van der Waals surface area contributed by atoms with Crippen LogP contribution < -0.4 is 4.74 Å². The number of allylic oxidation sites excluding steroid dienone is 1. The van der Waals surface area contributed by atoms with E-state index in [1.54, 1.807) is 0 Å². The van der Waals surface area contributed by atoms with Gasteiger partial charge < -0.3 is 14.9 Å². The molecule has 0 atom stereocenters. The van der Waals surface area contributed by atoms with Crippen LogP contribution in [0.4, 0.5) is 17.6 Å². The molecule has 10 heteroatoms. The minimum Gasteiger partial charge on any atom is -0.506 e. The molecule has 0 heterocycles. The van der Waals surface area contributed by atoms with Crippen molar-refractivity contribution in [1.29, 1.82) is 0 Å². The quantitative estimate of drug-likeness (QED) is 0.367. The van der Waals surface area contributed by atoms with E-state index in [4.69, 9.17) is 21.4 Å². The molecule has 5 nitrogen and oxygen atoms in total. The predicted molar refractivity (Wildman–Crippen MR) is 95.6 cm³/mol. The van der Waals surface area contributed by atoms with Crippen molar-refractivity contribution < 1.29 is 42.1 Å². The Morgan fingerprint density at radius 3 is 2.48 bits per heavy atom. The standard InChI is InChI=1S/C19H13ClF4O5/c20-14-9-12(21)8-13(18(14)28)15(25)4-2-10-1-3-11(19(22,23)24)7-16(10)29-6-5-17(26)27/h1-4,7-9,28H,5-6H2,(H,26,27)/b4-2+. The Labute approximate surface area is 166 Å². The maximum Gasteiger partial charge on any atom is 0.416 e. The fraction of sp³-hybridized carbons (Fsp3) is 0.158. The first-order valence-corrected chi connectivity index (χ1v) is 8.33. The Kier molecular flexibility index (Phi) is 6.86. The fourth-order valence-electron chi connectivity index (χ4n) is 2.23. The molecule has 0 fully saturated rings. The number of rotatable bonds is 7. The van der Waals surface area contributed by atoms with Crippen molar-refractivity contribution in [3.05, 3.63) is 63.9 Å². The van der Waals surface area contributed by atoms with Crippen LogP contribution in [0.5, 0.6) is 11.5 Å². The predicted octanol–water partition coefficient (Wildman–Crippen LogP) is 4.95. The van der Waals surface area contributed by atoms with Crippen molar-refractivity contribution >= 4 is 29.4 Å². The Hall–Kier alpha value is -3.07. The average Bonchev–Trinajstić information content (AvgIpc) is 2.62. The van der Waals surface area contributed by atoms with Crippen LogP contribution in [0.15, 0.2) is 36.4 Å². The van der Waals surface area contributed by atoms with E-state index in [0.717, 1.165) is 36.4 Å². The third-order valence-electron chi connectivity index (χ3n) is 3.62. The molecule has 0 radical (unpaired) electrons. The minimum atomic E-state index is -4.66. The Morgan fingerprint density at radius 1 is 1.17 bits per heavy atom. The normalized spacial score (nSPS) is 11.6. The molecule has 2 aromatic rings. The summed E-state index contributed by atoms with van der Waals surface area (Å²) in [7, 11) is 0. The van der Waals surface area contributed by atoms with Crippen LogP contribution in [-0.4, -0.2) is 28.6 Å². The molecule has 0 amide bonds. The van der Waals surface area contributed by atoms with Gasteiger partial charge in [0.25, 0.3) is 0 Å². The molecular formula is C19H13ClF4O5. The SMILES string of the molecule is O=C(O)CCOc1cc(C(F)(F)F)ccc1/C=C/C(=O)c1cc(F)cc(Cl)c1O. The van der Waals surface area contributed by atoms with Gasteiger partial charge in [0.2, 0.25) is 0 Å². The molecular weight excluding hydrogens is 420 g/mol. The van der Waals surface area contributed by atoms with Crippen molar-refractivity contribution in [2.45, 2.75) is 12.6 Å². The molecule has 2 rings (SSSR count). The fourth-order valence-corrected chi connectivity index (χ4v) is 2.44. The summed E-state index contributed by atoms with van der Waals surface area (Å²) in [4.78, 5) is 22.8. The lowest BCUT2D eigenvalue weighted by molar-refractivity contribution is -0.139. The lowest BCUT2D eigenvalue weighted by Gasteiger charge is -2.12. The number of carbonyl (C=O) groups is 2. The van der Waals surface area contributed by atoms with Gasteiger partial charge in [0.1, 0.15) is 17.3 Å². The van der Waals surface area contributed by atoms with E-state index in [1.165, 1.54) is 0 Å². The minimum absolute atomic E-state index is 0.0405. The molecule has 0 aliphatic carbocycles. The van der Waals surface area contributed by atoms with Gasteiger partial charge in [-0.05, 0) is 36.4 Å². The monoisotopic (exact) mass is 432 g/mol. The summed E-state index contributed by atoms with van der Waals surface area (Å²) >= 11 is 5.61. The molecule has 0 saturated heterocycles.